The molecule has 5 nitrogen and oxygen atoms in total. The lowest BCUT2D eigenvalue weighted by molar-refractivity contribution is 0.0441. The Balaban J connectivity index is 1.31. The Hall–Kier alpha value is -2.20. The van der Waals surface area contributed by atoms with E-state index in [0.29, 0.717) is 17.9 Å². The summed E-state index contributed by atoms with van der Waals surface area (Å²) in [6, 6.07) is 11.0. The van der Waals surface area contributed by atoms with Crippen molar-refractivity contribution in [3.05, 3.63) is 51.2 Å². The molecule has 4 rings (SSSR count). The van der Waals surface area contributed by atoms with Crippen LogP contribution in [0.1, 0.15) is 44.9 Å². The molecule has 2 aliphatic carbocycles. The molecule has 0 aliphatic heterocycles. The third-order valence-electron chi connectivity index (χ3n) is 5.74. The molecule has 28 heavy (non-hydrogen) atoms. The quantitative estimate of drug-likeness (QED) is 0.811. The Morgan fingerprint density at radius 3 is 2.82 bits per heavy atom. The van der Waals surface area contributed by atoms with Crippen molar-refractivity contribution in [1.82, 2.24) is 5.32 Å². The number of hydrogen-bond donors (Lipinski definition) is 2. The Bertz CT molecular complexity index is 899. The molecule has 2 aromatic rings. The summed E-state index contributed by atoms with van der Waals surface area (Å²) in [5, 5.41) is 22.9. The van der Waals surface area contributed by atoms with Crippen LogP contribution in [0, 0.1) is 24.2 Å². The van der Waals surface area contributed by atoms with Crippen molar-refractivity contribution in [2.45, 2.75) is 50.9 Å². The highest BCUT2D eigenvalue weighted by Crippen LogP contribution is 2.32. The van der Waals surface area contributed by atoms with Gasteiger partial charge in [0.25, 0.3) is 0 Å². The third-order valence-corrected chi connectivity index (χ3v) is 6.85. The number of aliphatic hydroxyl groups is 1. The lowest BCUT2D eigenvalue weighted by Gasteiger charge is -2.25. The summed E-state index contributed by atoms with van der Waals surface area (Å²) >= 11 is 1.73. The molecule has 0 saturated heterocycles. The Kier molecular flexibility index (Phi) is 5.49. The first-order valence-corrected chi connectivity index (χ1v) is 10.6. The average molecular weight is 397 g/mol. The van der Waals surface area contributed by atoms with Crippen LogP contribution >= 0.6 is 11.3 Å². The van der Waals surface area contributed by atoms with Crippen molar-refractivity contribution in [3.63, 3.8) is 0 Å². The molecule has 146 valence electrons. The van der Waals surface area contributed by atoms with Gasteiger partial charge in [-0.3, -0.25) is 4.79 Å². The van der Waals surface area contributed by atoms with E-state index < -0.39 is 6.10 Å². The predicted octanol–water partition coefficient (Wildman–Crippen LogP) is 3.23. The predicted molar refractivity (Wildman–Crippen MR) is 108 cm³/mol. The number of fused-ring (bicyclic) bond motifs is 1. The van der Waals surface area contributed by atoms with Crippen molar-refractivity contribution in [2.75, 3.05) is 6.54 Å². The first kappa shape index (κ1) is 19.1. The van der Waals surface area contributed by atoms with E-state index in [-0.39, 0.29) is 23.8 Å². The van der Waals surface area contributed by atoms with Crippen LogP contribution in [-0.4, -0.2) is 35.7 Å². The minimum atomic E-state index is -0.617. The smallest absolute Gasteiger partial charge is 0.168 e. The van der Waals surface area contributed by atoms with Gasteiger partial charge < -0.3 is 15.2 Å². The van der Waals surface area contributed by atoms with Crippen molar-refractivity contribution in [2.24, 2.45) is 5.92 Å². The first-order chi connectivity index (χ1) is 13.5. The van der Waals surface area contributed by atoms with Gasteiger partial charge in [0.05, 0.1) is 11.6 Å². The third kappa shape index (κ3) is 3.83. The number of ketones is 1. The SMILES string of the molecule is Cc1cc2c(s1)CCC(CNC1CCC(Oc3ccc(C#N)cc3)C1O)C2=O. The monoisotopic (exact) mass is 396 g/mol. The molecule has 6 heteroatoms. The van der Waals surface area contributed by atoms with Crippen LogP contribution in [0.5, 0.6) is 5.75 Å². The molecule has 4 atom stereocenters. The van der Waals surface area contributed by atoms with Gasteiger partial charge in [-0.1, -0.05) is 0 Å². The van der Waals surface area contributed by atoms with Crippen LogP contribution < -0.4 is 10.1 Å². The van der Waals surface area contributed by atoms with Gasteiger partial charge in [-0.05, 0) is 62.9 Å². The summed E-state index contributed by atoms with van der Waals surface area (Å²) in [5.74, 6) is 0.870. The number of aryl methyl sites for hydroxylation is 2. The molecule has 0 bridgehead atoms. The molecule has 2 aliphatic rings. The number of carbonyl (C=O) groups is 1. The van der Waals surface area contributed by atoms with Crippen LogP contribution in [0.3, 0.4) is 0 Å². The van der Waals surface area contributed by atoms with E-state index in [1.807, 2.05) is 13.0 Å². The summed E-state index contributed by atoms with van der Waals surface area (Å²) in [6.45, 7) is 2.64. The fourth-order valence-electron chi connectivity index (χ4n) is 4.18. The highest BCUT2D eigenvalue weighted by atomic mass is 32.1. The lowest BCUT2D eigenvalue weighted by atomic mass is 9.87. The highest BCUT2D eigenvalue weighted by Gasteiger charge is 2.37. The van der Waals surface area contributed by atoms with E-state index in [9.17, 15) is 9.90 Å². The molecule has 0 amide bonds. The molecule has 1 aromatic carbocycles. The maximum absolute atomic E-state index is 12.7. The Labute approximate surface area is 169 Å². The number of carbonyl (C=O) groups excluding carboxylic acids is 1. The number of nitriles is 1. The zero-order valence-corrected chi connectivity index (χ0v) is 16.7. The summed E-state index contributed by atoms with van der Waals surface area (Å²) in [6.07, 6.45) is 2.50. The number of Topliss-reactive ketones (excluding diaryl/α,β-unsaturated/α-hetero) is 1. The molecule has 1 saturated carbocycles. The fraction of sp³-hybridized carbons (Fsp3) is 0.455. The van der Waals surface area contributed by atoms with Crippen LogP contribution in [0.25, 0.3) is 0 Å². The van der Waals surface area contributed by atoms with E-state index in [1.165, 1.54) is 9.75 Å². The van der Waals surface area contributed by atoms with Gasteiger partial charge in [0, 0.05) is 33.8 Å². The second-order valence-corrected chi connectivity index (χ2v) is 9.01. The zero-order chi connectivity index (χ0) is 19.7. The van der Waals surface area contributed by atoms with Gasteiger partial charge >= 0.3 is 0 Å². The van der Waals surface area contributed by atoms with Crippen LogP contribution in [-0.2, 0) is 6.42 Å². The molecule has 1 heterocycles. The maximum Gasteiger partial charge on any atom is 0.168 e. The number of aliphatic hydroxyl groups excluding tert-OH is 1. The van der Waals surface area contributed by atoms with Crippen molar-refractivity contribution in [1.29, 1.82) is 5.26 Å². The molecule has 4 unspecified atom stereocenters. The molecule has 1 fully saturated rings. The topological polar surface area (TPSA) is 82.3 Å². The van der Waals surface area contributed by atoms with Gasteiger partial charge in [-0.15, -0.1) is 11.3 Å². The maximum atomic E-state index is 12.7. The van der Waals surface area contributed by atoms with Gasteiger partial charge in [-0.25, -0.2) is 0 Å². The lowest BCUT2D eigenvalue weighted by Crippen LogP contribution is -2.44. The van der Waals surface area contributed by atoms with E-state index in [2.05, 4.69) is 11.4 Å². The average Bonchev–Trinajstić information content (AvgIpc) is 3.25. The van der Waals surface area contributed by atoms with Gasteiger partial charge in [0.15, 0.2) is 5.78 Å². The first-order valence-electron chi connectivity index (χ1n) is 9.77. The van der Waals surface area contributed by atoms with Crippen LogP contribution in [0.15, 0.2) is 30.3 Å². The van der Waals surface area contributed by atoms with E-state index in [1.54, 1.807) is 35.6 Å². The number of nitrogens with one attached hydrogen (secondary N) is 1. The summed E-state index contributed by atoms with van der Waals surface area (Å²) < 4.78 is 5.91. The molecule has 1 aromatic heterocycles. The van der Waals surface area contributed by atoms with Gasteiger partial charge in [-0.2, -0.15) is 5.26 Å². The number of benzene rings is 1. The molecule has 0 radical (unpaired) electrons. The Morgan fingerprint density at radius 1 is 1.29 bits per heavy atom. The molecular weight excluding hydrogens is 372 g/mol. The van der Waals surface area contributed by atoms with Crippen LogP contribution in [0.2, 0.25) is 0 Å². The van der Waals surface area contributed by atoms with E-state index >= 15 is 0 Å². The molecule has 0 spiro atoms. The summed E-state index contributed by atoms with van der Waals surface area (Å²) in [7, 11) is 0. The van der Waals surface area contributed by atoms with Gasteiger partial charge in [0.1, 0.15) is 18.0 Å². The second kappa shape index (κ2) is 8.04. The second-order valence-electron chi connectivity index (χ2n) is 7.67. The molecule has 2 N–H and O–H groups in total. The number of rotatable bonds is 5. The minimum Gasteiger partial charge on any atom is -0.488 e. The van der Waals surface area contributed by atoms with Crippen LogP contribution in [0.4, 0.5) is 0 Å². The van der Waals surface area contributed by atoms with E-state index in [0.717, 1.165) is 31.2 Å². The Morgan fingerprint density at radius 2 is 2.07 bits per heavy atom. The van der Waals surface area contributed by atoms with E-state index in [4.69, 9.17) is 10.00 Å². The van der Waals surface area contributed by atoms with Crippen molar-refractivity contribution in [3.8, 4) is 11.8 Å². The number of nitrogens with zero attached hydrogens (tertiary/aromatic N) is 1. The highest BCUT2D eigenvalue weighted by molar-refractivity contribution is 7.12. The van der Waals surface area contributed by atoms with Crippen molar-refractivity contribution >= 4 is 17.1 Å². The van der Waals surface area contributed by atoms with Crippen molar-refractivity contribution < 1.29 is 14.6 Å². The molecular formula is C22H24N2O3S. The summed E-state index contributed by atoms with van der Waals surface area (Å²) in [5.41, 5.74) is 1.48. The minimum absolute atomic E-state index is 0.0211. The van der Waals surface area contributed by atoms with Gasteiger partial charge in [0.2, 0.25) is 0 Å². The largest absolute Gasteiger partial charge is 0.488 e. The zero-order valence-electron chi connectivity index (χ0n) is 15.9. The normalized spacial score (nSPS) is 26.7. The standard InChI is InChI=1S/C22H24N2O3S/c1-13-10-17-20(28-13)9-4-15(21(17)25)12-24-18-7-8-19(22(18)26)27-16-5-2-14(11-23)3-6-16/h2-3,5-6,10,15,18-19,22,24,26H,4,7-9,12H2,1H3. The number of hydrogen-bond acceptors (Lipinski definition) is 6. The number of thiophene rings is 1. The number of ether oxygens (including phenoxy) is 1. The fourth-order valence-corrected chi connectivity index (χ4v) is 5.24. The summed E-state index contributed by atoms with van der Waals surface area (Å²) in [4.78, 5) is 15.1.